The lowest BCUT2D eigenvalue weighted by atomic mass is 10.2. The van der Waals surface area contributed by atoms with E-state index >= 15 is 0 Å². The fraction of sp³-hybridized carbons (Fsp3) is 0.211. The van der Waals surface area contributed by atoms with Crippen LogP contribution in [-0.4, -0.2) is 31.7 Å². The van der Waals surface area contributed by atoms with Gasteiger partial charge >= 0.3 is 0 Å². The molecule has 2 aromatic rings. The second-order valence-electron chi connectivity index (χ2n) is 5.35. The van der Waals surface area contributed by atoms with Gasteiger partial charge in [-0.15, -0.1) is 0 Å². The number of carbonyl (C=O) groups excluding carboxylic acids is 2. The molecule has 27 heavy (non-hydrogen) atoms. The molecule has 7 nitrogen and oxygen atoms in total. The minimum Gasteiger partial charge on any atom is -0.493 e. The number of nitrogens with zero attached hydrogens (tertiary/aromatic N) is 1. The third-order valence-corrected chi connectivity index (χ3v) is 3.91. The summed E-state index contributed by atoms with van der Waals surface area (Å²) in [4.78, 5) is 23.6. The molecular weight excluding hydrogens is 414 g/mol. The van der Waals surface area contributed by atoms with Crippen LogP contribution in [-0.2, 0) is 9.59 Å². The van der Waals surface area contributed by atoms with Crippen molar-refractivity contribution in [1.82, 2.24) is 5.43 Å². The Bertz CT molecular complexity index is 825. The summed E-state index contributed by atoms with van der Waals surface area (Å²) in [5.41, 5.74) is 3.65. The second kappa shape index (κ2) is 10.3. The summed E-state index contributed by atoms with van der Waals surface area (Å²) >= 11 is 3.42. The van der Waals surface area contributed by atoms with Crippen molar-refractivity contribution in [2.24, 2.45) is 5.10 Å². The van der Waals surface area contributed by atoms with E-state index in [2.05, 4.69) is 31.8 Å². The fourth-order valence-electron chi connectivity index (χ4n) is 2.19. The molecule has 0 aliphatic heterocycles. The van der Waals surface area contributed by atoms with Gasteiger partial charge in [-0.3, -0.25) is 9.59 Å². The normalized spacial score (nSPS) is 10.5. The Kier molecular flexibility index (Phi) is 7.81. The zero-order chi connectivity index (χ0) is 19.6. The first-order chi connectivity index (χ1) is 13.0. The van der Waals surface area contributed by atoms with E-state index < -0.39 is 11.8 Å². The molecule has 0 spiro atoms. The molecule has 0 heterocycles. The SMILES string of the molecule is CCOc1c(Br)cc(C=NNC(=O)CC(=O)Nc2ccccc2)cc1OC. The zero-order valence-electron chi connectivity index (χ0n) is 15.0. The van der Waals surface area contributed by atoms with Gasteiger partial charge in [-0.1, -0.05) is 18.2 Å². The molecule has 0 aliphatic carbocycles. The van der Waals surface area contributed by atoms with Crippen LogP contribution in [0.15, 0.2) is 52.0 Å². The van der Waals surface area contributed by atoms with E-state index in [0.29, 0.717) is 33.8 Å². The Morgan fingerprint density at radius 2 is 1.93 bits per heavy atom. The van der Waals surface area contributed by atoms with Crippen LogP contribution in [0.5, 0.6) is 11.5 Å². The molecule has 0 radical (unpaired) electrons. The molecule has 142 valence electrons. The molecule has 0 aromatic heterocycles. The van der Waals surface area contributed by atoms with Crippen LogP contribution in [0.3, 0.4) is 0 Å². The van der Waals surface area contributed by atoms with Crippen LogP contribution < -0.4 is 20.2 Å². The Balaban J connectivity index is 1.91. The van der Waals surface area contributed by atoms with Crippen molar-refractivity contribution >= 4 is 39.6 Å². The molecule has 0 unspecified atom stereocenters. The predicted molar refractivity (Wildman–Crippen MR) is 107 cm³/mol. The average Bonchev–Trinajstić information content (AvgIpc) is 2.64. The Hall–Kier alpha value is -2.87. The molecule has 0 aliphatic rings. The third kappa shape index (κ3) is 6.41. The van der Waals surface area contributed by atoms with Gasteiger partial charge in [-0.05, 0) is 52.7 Å². The van der Waals surface area contributed by atoms with Crippen molar-refractivity contribution in [3.63, 3.8) is 0 Å². The van der Waals surface area contributed by atoms with Gasteiger partial charge in [0.15, 0.2) is 11.5 Å². The Morgan fingerprint density at radius 1 is 1.19 bits per heavy atom. The minimum absolute atomic E-state index is 0.331. The van der Waals surface area contributed by atoms with Crippen molar-refractivity contribution in [3.8, 4) is 11.5 Å². The van der Waals surface area contributed by atoms with E-state index in [0.717, 1.165) is 0 Å². The first-order valence-electron chi connectivity index (χ1n) is 8.20. The summed E-state index contributed by atoms with van der Waals surface area (Å²) in [7, 11) is 1.54. The van der Waals surface area contributed by atoms with Crippen molar-refractivity contribution in [2.45, 2.75) is 13.3 Å². The number of rotatable bonds is 8. The molecule has 0 fully saturated rings. The van der Waals surface area contributed by atoms with Gasteiger partial charge in [0, 0.05) is 5.69 Å². The molecule has 8 heteroatoms. The maximum Gasteiger partial charge on any atom is 0.249 e. The van der Waals surface area contributed by atoms with Crippen molar-refractivity contribution in [2.75, 3.05) is 19.0 Å². The van der Waals surface area contributed by atoms with Crippen molar-refractivity contribution < 1.29 is 19.1 Å². The smallest absolute Gasteiger partial charge is 0.249 e. The molecule has 2 N–H and O–H groups in total. The highest BCUT2D eigenvalue weighted by Crippen LogP contribution is 2.36. The van der Waals surface area contributed by atoms with Crippen LogP contribution in [0, 0.1) is 0 Å². The molecular formula is C19H20BrN3O4. The maximum absolute atomic E-state index is 11.8. The fourth-order valence-corrected chi connectivity index (χ4v) is 2.76. The lowest BCUT2D eigenvalue weighted by Crippen LogP contribution is -2.24. The van der Waals surface area contributed by atoms with E-state index in [1.165, 1.54) is 6.21 Å². The molecule has 2 aromatic carbocycles. The van der Waals surface area contributed by atoms with Crippen molar-refractivity contribution in [3.05, 3.63) is 52.5 Å². The first kappa shape index (κ1) is 20.4. The van der Waals surface area contributed by atoms with Gasteiger partial charge in [0.1, 0.15) is 6.42 Å². The van der Waals surface area contributed by atoms with E-state index in [1.807, 2.05) is 13.0 Å². The number of benzene rings is 2. The molecule has 2 amide bonds. The highest BCUT2D eigenvalue weighted by atomic mass is 79.9. The lowest BCUT2D eigenvalue weighted by molar-refractivity contribution is -0.126. The topological polar surface area (TPSA) is 89.0 Å². The van der Waals surface area contributed by atoms with E-state index in [9.17, 15) is 9.59 Å². The number of hydrazone groups is 1. The summed E-state index contributed by atoms with van der Waals surface area (Å²) in [5, 5.41) is 6.51. The average molecular weight is 434 g/mol. The van der Waals surface area contributed by atoms with Gasteiger partial charge in [-0.25, -0.2) is 5.43 Å². The highest BCUT2D eigenvalue weighted by Gasteiger charge is 2.11. The molecule has 0 atom stereocenters. The Labute approximate surface area is 165 Å². The monoisotopic (exact) mass is 433 g/mol. The number of hydrogen-bond donors (Lipinski definition) is 2. The van der Waals surface area contributed by atoms with Crippen LogP contribution >= 0.6 is 15.9 Å². The molecule has 0 saturated carbocycles. The minimum atomic E-state index is -0.517. The largest absolute Gasteiger partial charge is 0.493 e. The number of amides is 2. The zero-order valence-corrected chi connectivity index (χ0v) is 16.6. The van der Waals surface area contributed by atoms with Crippen molar-refractivity contribution in [1.29, 1.82) is 0 Å². The van der Waals surface area contributed by atoms with Crippen LogP contribution in [0.4, 0.5) is 5.69 Å². The predicted octanol–water partition coefficient (Wildman–Crippen LogP) is 3.34. The summed E-state index contributed by atoms with van der Waals surface area (Å²) in [5.74, 6) is 0.205. The van der Waals surface area contributed by atoms with Crippen LogP contribution in [0.25, 0.3) is 0 Å². The molecule has 0 bridgehead atoms. The number of methoxy groups -OCH3 is 1. The number of hydrogen-bond acceptors (Lipinski definition) is 5. The number of nitrogens with one attached hydrogen (secondary N) is 2. The Morgan fingerprint density at radius 3 is 2.59 bits per heavy atom. The number of halogens is 1. The quantitative estimate of drug-likeness (QED) is 0.379. The van der Waals surface area contributed by atoms with Gasteiger partial charge in [0.25, 0.3) is 0 Å². The maximum atomic E-state index is 11.8. The third-order valence-electron chi connectivity index (χ3n) is 3.32. The number of ether oxygens (including phenoxy) is 2. The molecule has 2 rings (SSSR count). The van der Waals surface area contributed by atoms with E-state index in [4.69, 9.17) is 9.47 Å². The van der Waals surface area contributed by atoms with Crippen LogP contribution in [0.2, 0.25) is 0 Å². The molecule has 0 saturated heterocycles. The summed E-state index contributed by atoms with van der Waals surface area (Å²) in [6.07, 6.45) is 1.12. The second-order valence-corrected chi connectivity index (χ2v) is 6.21. The van der Waals surface area contributed by atoms with Gasteiger partial charge in [-0.2, -0.15) is 5.10 Å². The standard InChI is InChI=1S/C19H20BrN3O4/c1-3-27-19-15(20)9-13(10-16(19)26-2)12-21-23-18(25)11-17(24)22-14-7-5-4-6-8-14/h4-10,12H,3,11H2,1-2H3,(H,22,24)(H,23,25). The van der Waals surface area contributed by atoms with Gasteiger partial charge < -0.3 is 14.8 Å². The van der Waals surface area contributed by atoms with Crippen LogP contribution in [0.1, 0.15) is 18.9 Å². The van der Waals surface area contributed by atoms with Gasteiger partial charge in [0.05, 0.1) is 24.4 Å². The number of para-hydroxylation sites is 1. The summed E-state index contributed by atoms with van der Waals surface area (Å²) in [6.45, 7) is 2.38. The first-order valence-corrected chi connectivity index (χ1v) is 9.00. The van der Waals surface area contributed by atoms with E-state index in [-0.39, 0.29) is 6.42 Å². The summed E-state index contributed by atoms with van der Waals surface area (Å²) < 4.78 is 11.5. The van der Waals surface area contributed by atoms with E-state index in [1.54, 1.807) is 43.5 Å². The number of carbonyl (C=O) groups is 2. The lowest BCUT2D eigenvalue weighted by Gasteiger charge is -2.11. The summed E-state index contributed by atoms with van der Waals surface area (Å²) in [6, 6.07) is 12.4. The number of anilines is 1. The van der Waals surface area contributed by atoms with Gasteiger partial charge in [0.2, 0.25) is 11.8 Å². The highest BCUT2D eigenvalue weighted by molar-refractivity contribution is 9.10.